The van der Waals surface area contributed by atoms with Crippen LogP contribution in [0.15, 0.2) is 77.1 Å². The lowest BCUT2D eigenvalue weighted by atomic mass is 9.98. The molecule has 3 aromatic rings. The molecule has 0 spiro atoms. The molecule has 2 aliphatic heterocycles. The number of rotatable bonds is 14. The normalized spacial score (nSPS) is 19.2. The molecule has 1 fully saturated rings. The average Bonchev–Trinajstić information content (AvgIpc) is 3.47. The second-order valence-corrected chi connectivity index (χ2v) is 13.1. The van der Waals surface area contributed by atoms with Crippen LogP contribution in [0.5, 0.6) is 0 Å². The Kier molecular flexibility index (Phi) is 10.5. The lowest BCUT2D eigenvalue weighted by Gasteiger charge is -2.55. The fourth-order valence-electron chi connectivity index (χ4n) is 4.89. The monoisotopic (exact) mass is 670 g/mol. The summed E-state index contributed by atoms with van der Waals surface area (Å²) in [6, 6.07) is 18.9. The third-order valence-corrected chi connectivity index (χ3v) is 10.5. The van der Waals surface area contributed by atoms with Crippen molar-refractivity contribution in [3.8, 4) is 0 Å². The molecule has 16 heteroatoms. The van der Waals surface area contributed by atoms with E-state index in [9.17, 15) is 24.3 Å². The smallest absolute Gasteiger partial charge is 0.352 e. The second kappa shape index (κ2) is 14.5. The number of carbonyl (C=O) groups excluding carboxylic acids is 3. The summed E-state index contributed by atoms with van der Waals surface area (Å²) < 4.78 is 12.8. The molecule has 2 N–H and O–H groups in total. The number of carboxylic acids is 1. The predicted molar refractivity (Wildman–Crippen MR) is 168 cm³/mol. The average molecular weight is 671 g/mol. The highest BCUT2D eigenvalue weighted by Crippen LogP contribution is 2.47. The zero-order valence-electron chi connectivity index (χ0n) is 24.3. The van der Waals surface area contributed by atoms with E-state index in [4.69, 9.17) is 9.47 Å². The van der Waals surface area contributed by atoms with Crippen molar-refractivity contribution >= 4 is 59.0 Å². The lowest BCUT2D eigenvalue weighted by molar-refractivity contribution is -0.192. The van der Waals surface area contributed by atoms with Crippen LogP contribution >= 0.6 is 35.3 Å². The number of nitrogens with zero attached hydrogens (tertiary/aromatic N) is 5. The molecule has 0 saturated carbocycles. The van der Waals surface area contributed by atoms with E-state index in [-0.39, 0.29) is 23.6 Å². The Morgan fingerprint density at radius 2 is 1.80 bits per heavy atom. The summed E-state index contributed by atoms with van der Waals surface area (Å²) in [7, 11) is 2.97. The van der Waals surface area contributed by atoms with Gasteiger partial charge in [-0.2, -0.15) is 11.8 Å². The SMILES string of the molecule is CO[C@@]1(NC(=O)CSCCC(=O)OC(c2ccccc2)c2ccccc2)C(=O)N2C(C(=O)O)=C(CSc3nnnn3C)CS[C@@H]21. The highest BCUT2D eigenvalue weighted by molar-refractivity contribution is 8.01. The first-order valence-corrected chi connectivity index (χ1v) is 16.9. The van der Waals surface area contributed by atoms with Crippen molar-refractivity contribution in [2.75, 3.05) is 30.1 Å². The minimum Gasteiger partial charge on any atom is -0.477 e. The molecule has 1 saturated heterocycles. The highest BCUT2D eigenvalue weighted by atomic mass is 32.2. The molecule has 0 bridgehead atoms. The van der Waals surface area contributed by atoms with Crippen molar-refractivity contribution in [3.05, 3.63) is 83.1 Å². The van der Waals surface area contributed by atoms with Gasteiger partial charge >= 0.3 is 11.9 Å². The van der Waals surface area contributed by atoms with E-state index in [0.717, 1.165) is 16.0 Å². The van der Waals surface area contributed by atoms with Crippen LogP contribution < -0.4 is 5.32 Å². The largest absolute Gasteiger partial charge is 0.477 e. The Balaban J connectivity index is 1.14. The van der Waals surface area contributed by atoms with Crippen molar-refractivity contribution < 1.29 is 33.8 Å². The van der Waals surface area contributed by atoms with E-state index in [1.54, 1.807) is 7.05 Å². The van der Waals surface area contributed by atoms with Crippen molar-refractivity contribution in [2.24, 2.45) is 7.05 Å². The molecule has 1 aromatic heterocycles. The molecule has 0 unspecified atom stereocenters. The van der Waals surface area contributed by atoms with Crippen molar-refractivity contribution in [1.29, 1.82) is 0 Å². The van der Waals surface area contributed by atoms with Gasteiger partial charge in [-0.05, 0) is 27.1 Å². The number of aromatic nitrogens is 4. The number of hydrogen-bond acceptors (Lipinski definition) is 12. The molecule has 3 heterocycles. The number of tetrazole rings is 1. The van der Waals surface area contributed by atoms with Gasteiger partial charge in [0.25, 0.3) is 11.6 Å². The maximum atomic E-state index is 13.4. The number of aryl methyl sites for hydroxylation is 1. The lowest BCUT2D eigenvalue weighted by Crippen LogP contribution is -2.80. The summed E-state index contributed by atoms with van der Waals surface area (Å²) in [6.07, 6.45) is -0.477. The number of ether oxygens (including phenoxy) is 2. The molecule has 13 nitrogen and oxygen atoms in total. The van der Waals surface area contributed by atoms with E-state index in [1.807, 2.05) is 60.7 Å². The fourth-order valence-corrected chi connectivity index (χ4v) is 8.03. The Morgan fingerprint density at radius 3 is 2.38 bits per heavy atom. The third kappa shape index (κ3) is 7.03. The Morgan fingerprint density at radius 1 is 1.13 bits per heavy atom. The molecule has 2 amide bonds. The Labute approximate surface area is 271 Å². The number of aliphatic carboxylic acids is 1. The van der Waals surface area contributed by atoms with Crippen LogP contribution in [0.25, 0.3) is 0 Å². The Bertz CT molecular complexity index is 1550. The van der Waals surface area contributed by atoms with Crippen LogP contribution in [0.1, 0.15) is 23.7 Å². The summed E-state index contributed by atoms with van der Waals surface area (Å²) in [5.74, 6) is -1.96. The summed E-state index contributed by atoms with van der Waals surface area (Å²) in [5, 5.41) is 23.6. The summed E-state index contributed by atoms with van der Waals surface area (Å²) in [6.45, 7) is 0. The number of amides is 2. The van der Waals surface area contributed by atoms with Crippen LogP contribution in [-0.4, -0.2) is 95.2 Å². The zero-order valence-corrected chi connectivity index (χ0v) is 26.8. The van der Waals surface area contributed by atoms with Gasteiger partial charge in [-0.15, -0.1) is 16.9 Å². The van der Waals surface area contributed by atoms with Gasteiger partial charge in [0.15, 0.2) is 6.10 Å². The van der Waals surface area contributed by atoms with E-state index in [1.165, 1.54) is 47.1 Å². The fraction of sp³-hybridized carbons (Fsp3) is 0.345. The van der Waals surface area contributed by atoms with Crippen molar-refractivity contribution in [1.82, 2.24) is 30.4 Å². The van der Waals surface area contributed by atoms with Gasteiger partial charge < -0.3 is 19.9 Å². The maximum Gasteiger partial charge on any atom is 0.352 e. The van der Waals surface area contributed by atoms with Gasteiger partial charge in [0, 0.05) is 31.4 Å². The molecule has 2 aliphatic rings. The van der Waals surface area contributed by atoms with Crippen LogP contribution in [0.4, 0.5) is 0 Å². The highest BCUT2D eigenvalue weighted by Gasteiger charge is 2.66. The van der Waals surface area contributed by atoms with E-state index >= 15 is 0 Å². The Hall–Kier alpha value is -3.86. The second-order valence-electron chi connectivity index (χ2n) is 9.95. The number of carbonyl (C=O) groups is 4. The zero-order chi connectivity index (χ0) is 32.0. The first-order chi connectivity index (χ1) is 21.7. The number of benzene rings is 2. The number of hydrogen-bond donors (Lipinski definition) is 2. The van der Waals surface area contributed by atoms with E-state index in [2.05, 4.69) is 20.8 Å². The van der Waals surface area contributed by atoms with Gasteiger partial charge in [-0.1, -0.05) is 72.4 Å². The molecule has 0 aliphatic carbocycles. The van der Waals surface area contributed by atoms with Gasteiger partial charge in [0.1, 0.15) is 11.1 Å². The summed E-state index contributed by atoms with van der Waals surface area (Å²) in [4.78, 5) is 52.4. The van der Waals surface area contributed by atoms with E-state index in [0.29, 0.717) is 22.2 Å². The molecule has 2 atom stereocenters. The topological polar surface area (TPSA) is 166 Å². The number of β-lactam (4-membered cyclic amide) rings is 1. The molecule has 5 rings (SSSR count). The minimum atomic E-state index is -1.70. The van der Waals surface area contributed by atoms with Crippen LogP contribution in [-0.2, 0) is 35.7 Å². The summed E-state index contributed by atoms with van der Waals surface area (Å²) >= 11 is 3.77. The van der Waals surface area contributed by atoms with Crippen molar-refractivity contribution in [2.45, 2.75) is 28.8 Å². The summed E-state index contributed by atoms with van der Waals surface area (Å²) in [5.41, 5.74) is 0.398. The molecule has 236 valence electrons. The quantitative estimate of drug-likeness (QED) is 0.0846. The van der Waals surface area contributed by atoms with Gasteiger partial charge in [-0.3, -0.25) is 19.3 Å². The first kappa shape index (κ1) is 32.5. The first-order valence-electron chi connectivity index (χ1n) is 13.7. The van der Waals surface area contributed by atoms with E-state index < -0.39 is 41.0 Å². The third-order valence-electron chi connectivity index (χ3n) is 7.05. The van der Waals surface area contributed by atoms with Crippen LogP contribution in [0, 0.1) is 0 Å². The minimum absolute atomic E-state index is 0.0426. The standard InChI is InChI=1S/C29H30N6O7S3/c1-34-28(31-32-33-34)45-16-20-15-44-27-29(41-2,26(40)35(27)23(20)25(38)39)30-21(36)17-43-14-13-22(37)42-24(18-9-5-3-6-10-18)19-11-7-4-8-12-19/h3-12,24,27H,13-17H2,1-2H3,(H,30,36)(H,38,39)/t27-,29+/m1/s1. The number of esters is 1. The molecular weight excluding hydrogens is 641 g/mol. The molecule has 2 aromatic carbocycles. The number of carboxylic acid groups (broad SMARTS) is 1. The molecule has 0 radical (unpaired) electrons. The van der Waals surface area contributed by atoms with Crippen LogP contribution in [0.3, 0.4) is 0 Å². The molecular formula is C29H30N6O7S3. The van der Waals surface area contributed by atoms with Gasteiger partial charge in [-0.25, -0.2) is 9.48 Å². The number of methoxy groups -OCH3 is 1. The van der Waals surface area contributed by atoms with Gasteiger partial charge in [0.05, 0.1) is 12.2 Å². The van der Waals surface area contributed by atoms with Gasteiger partial charge in [0.2, 0.25) is 11.1 Å². The number of thioether (sulfide) groups is 3. The number of nitrogens with one attached hydrogen (secondary N) is 1. The number of fused-ring (bicyclic) bond motifs is 1. The maximum absolute atomic E-state index is 13.4. The predicted octanol–water partition coefficient (Wildman–Crippen LogP) is 2.47. The van der Waals surface area contributed by atoms with Crippen LogP contribution in [0.2, 0.25) is 0 Å². The van der Waals surface area contributed by atoms with Crippen molar-refractivity contribution in [3.63, 3.8) is 0 Å². The molecule has 45 heavy (non-hydrogen) atoms.